The summed E-state index contributed by atoms with van der Waals surface area (Å²) in [6.07, 6.45) is 0. The van der Waals surface area contributed by atoms with E-state index in [0.29, 0.717) is 12.1 Å². The Bertz CT molecular complexity index is 69.3. The normalized spacial score (nSPS) is 14.7. The molecule has 1 N–H and O–H groups in total. The Kier molecular flexibility index (Phi) is 4.65. The summed E-state index contributed by atoms with van der Waals surface area (Å²) in [5.74, 6) is 0. The van der Waals surface area contributed by atoms with Crippen molar-refractivity contribution in [2.24, 2.45) is 0 Å². The second-order valence-corrected chi connectivity index (χ2v) is 3.48. The van der Waals surface area contributed by atoms with Crippen LogP contribution in [-0.4, -0.2) is 37.6 Å². The Morgan fingerprint density at radius 3 is 2.00 bits per heavy atom. The zero-order valence-electron chi connectivity index (χ0n) is 7.81. The van der Waals surface area contributed by atoms with Crippen molar-refractivity contribution in [3.63, 3.8) is 0 Å². The first-order chi connectivity index (χ1) is 4.52. The Labute approximate surface area is 64.6 Å². The fourth-order valence-electron chi connectivity index (χ4n) is 1.17. The lowest BCUT2D eigenvalue weighted by Gasteiger charge is -2.20. The van der Waals surface area contributed by atoms with Gasteiger partial charge in [0.15, 0.2) is 0 Å². The largest absolute Gasteiger partial charge is 0.311 e. The average molecular weight is 144 g/mol. The van der Waals surface area contributed by atoms with Crippen molar-refractivity contribution in [3.8, 4) is 0 Å². The summed E-state index contributed by atoms with van der Waals surface area (Å²) in [6, 6.07) is 1.19. The molecule has 0 spiro atoms. The molecule has 10 heavy (non-hydrogen) atoms. The minimum Gasteiger partial charge on any atom is -0.311 e. The number of nitrogens with zero attached hydrogens (tertiary/aromatic N) is 1. The summed E-state index contributed by atoms with van der Waals surface area (Å²) in [5, 5.41) is 3.43. The van der Waals surface area contributed by atoms with Gasteiger partial charge in [-0.3, -0.25) is 0 Å². The molecule has 0 unspecified atom stereocenters. The molecule has 0 bridgehead atoms. The van der Waals surface area contributed by atoms with Crippen LogP contribution in [0.5, 0.6) is 0 Å². The third-order valence-corrected chi connectivity index (χ3v) is 1.26. The fraction of sp³-hybridized carbons (Fsp3) is 1.00. The number of nitrogens with one attached hydrogen (secondary N) is 1. The maximum Gasteiger partial charge on any atom is 0.0168 e. The first-order valence-corrected chi connectivity index (χ1v) is 3.93. The molecule has 0 aliphatic carbocycles. The first kappa shape index (κ1) is 9.92. The van der Waals surface area contributed by atoms with Crippen LogP contribution < -0.4 is 5.32 Å². The molecular weight excluding hydrogens is 124 g/mol. The van der Waals surface area contributed by atoms with E-state index in [1.165, 1.54) is 0 Å². The first-order valence-electron chi connectivity index (χ1n) is 3.93. The van der Waals surface area contributed by atoms with Crippen LogP contribution in [0.1, 0.15) is 20.8 Å². The van der Waals surface area contributed by atoms with Gasteiger partial charge in [0.2, 0.25) is 0 Å². The monoisotopic (exact) mass is 144 g/mol. The van der Waals surface area contributed by atoms with Crippen molar-refractivity contribution < 1.29 is 0 Å². The van der Waals surface area contributed by atoms with Crippen molar-refractivity contribution in [2.45, 2.75) is 32.9 Å². The van der Waals surface area contributed by atoms with Gasteiger partial charge in [0.1, 0.15) is 0 Å². The number of likely N-dealkylation sites (N-methyl/N-ethyl adjacent to an activating group) is 1. The van der Waals surface area contributed by atoms with E-state index in [2.05, 4.69) is 45.1 Å². The maximum atomic E-state index is 3.43. The highest BCUT2D eigenvalue weighted by molar-refractivity contribution is 4.65. The highest BCUT2D eigenvalue weighted by Gasteiger charge is 2.02. The molecule has 0 fully saturated rings. The topological polar surface area (TPSA) is 15.3 Å². The van der Waals surface area contributed by atoms with E-state index in [9.17, 15) is 0 Å². The van der Waals surface area contributed by atoms with Gasteiger partial charge in [-0.1, -0.05) is 13.8 Å². The Morgan fingerprint density at radius 1 is 1.20 bits per heavy atom. The molecule has 2 nitrogen and oxygen atoms in total. The van der Waals surface area contributed by atoms with Gasteiger partial charge in [0, 0.05) is 18.6 Å². The van der Waals surface area contributed by atoms with Crippen molar-refractivity contribution in [2.75, 3.05) is 20.6 Å². The lowest BCUT2D eigenvalue weighted by molar-refractivity contribution is 0.337. The third-order valence-electron chi connectivity index (χ3n) is 1.26. The van der Waals surface area contributed by atoms with Gasteiger partial charge < -0.3 is 10.2 Å². The van der Waals surface area contributed by atoms with E-state index in [0.717, 1.165) is 6.54 Å². The number of hydrogen-bond donors (Lipinski definition) is 1. The highest BCUT2D eigenvalue weighted by atomic mass is 15.1. The lowest BCUT2D eigenvalue weighted by Crippen LogP contribution is -2.39. The van der Waals surface area contributed by atoms with Crippen LogP contribution in [0.25, 0.3) is 0 Å². The zero-order valence-corrected chi connectivity index (χ0v) is 7.81. The van der Waals surface area contributed by atoms with E-state index in [-0.39, 0.29) is 0 Å². The molecular formula is C8H20N2. The van der Waals surface area contributed by atoms with Crippen LogP contribution in [-0.2, 0) is 0 Å². The van der Waals surface area contributed by atoms with Gasteiger partial charge in [-0.05, 0) is 21.0 Å². The third kappa shape index (κ3) is 6.05. The molecule has 2 heteroatoms. The smallest absolute Gasteiger partial charge is 0.0168 e. The van der Waals surface area contributed by atoms with Crippen molar-refractivity contribution in [1.82, 2.24) is 10.2 Å². The molecule has 0 rings (SSSR count). The summed E-state index contributed by atoms with van der Waals surface area (Å²) in [4.78, 5) is 2.19. The Balaban J connectivity index is 3.34. The maximum absolute atomic E-state index is 3.43. The molecule has 62 valence electrons. The second-order valence-electron chi connectivity index (χ2n) is 3.48. The molecule has 0 aromatic heterocycles. The number of rotatable bonds is 4. The molecule has 0 radical (unpaired) electrons. The summed E-state index contributed by atoms with van der Waals surface area (Å²) in [6.45, 7) is 7.66. The van der Waals surface area contributed by atoms with Crippen molar-refractivity contribution in [1.29, 1.82) is 0 Å². The molecule has 0 heterocycles. The molecule has 0 saturated heterocycles. The zero-order chi connectivity index (χ0) is 8.15. The molecule has 0 aliphatic rings. The lowest BCUT2D eigenvalue weighted by atomic mass is 10.3. The SMILES string of the molecule is CC(C)N[C@H](C)CN(C)C. The van der Waals surface area contributed by atoms with Crippen molar-refractivity contribution in [3.05, 3.63) is 0 Å². The molecule has 0 aromatic rings. The predicted molar refractivity (Wildman–Crippen MR) is 46.3 cm³/mol. The van der Waals surface area contributed by atoms with Crippen LogP contribution in [0.2, 0.25) is 0 Å². The minimum atomic E-state index is 0.593. The Hall–Kier alpha value is -0.0800. The quantitative estimate of drug-likeness (QED) is 0.631. The molecule has 0 amide bonds. The van der Waals surface area contributed by atoms with E-state index in [1.54, 1.807) is 0 Å². The van der Waals surface area contributed by atoms with E-state index in [1.807, 2.05) is 0 Å². The molecule has 0 aliphatic heterocycles. The summed E-state index contributed by atoms with van der Waals surface area (Å²) < 4.78 is 0. The molecule has 0 saturated carbocycles. The van der Waals surface area contributed by atoms with Crippen LogP contribution in [0.3, 0.4) is 0 Å². The highest BCUT2D eigenvalue weighted by Crippen LogP contribution is 1.87. The van der Waals surface area contributed by atoms with Gasteiger partial charge in [0.25, 0.3) is 0 Å². The minimum absolute atomic E-state index is 0.593. The van der Waals surface area contributed by atoms with Crippen LogP contribution in [0.4, 0.5) is 0 Å². The van der Waals surface area contributed by atoms with E-state index in [4.69, 9.17) is 0 Å². The predicted octanol–water partition coefficient (Wildman–Crippen LogP) is 0.934. The van der Waals surface area contributed by atoms with E-state index >= 15 is 0 Å². The summed E-state index contributed by atoms with van der Waals surface area (Å²) >= 11 is 0. The Morgan fingerprint density at radius 2 is 1.70 bits per heavy atom. The van der Waals surface area contributed by atoms with Gasteiger partial charge >= 0.3 is 0 Å². The van der Waals surface area contributed by atoms with Gasteiger partial charge in [-0.15, -0.1) is 0 Å². The van der Waals surface area contributed by atoms with Crippen LogP contribution in [0.15, 0.2) is 0 Å². The molecule has 0 aromatic carbocycles. The fourth-order valence-corrected chi connectivity index (χ4v) is 1.17. The van der Waals surface area contributed by atoms with Crippen molar-refractivity contribution >= 4 is 0 Å². The van der Waals surface area contributed by atoms with Crippen LogP contribution in [0, 0.1) is 0 Å². The number of hydrogen-bond acceptors (Lipinski definition) is 2. The standard InChI is InChI=1S/C8H20N2/c1-7(2)9-8(3)6-10(4)5/h7-9H,6H2,1-5H3/t8-/m1/s1. The second kappa shape index (κ2) is 4.69. The van der Waals surface area contributed by atoms with Gasteiger partial charge in [-0.25, -0.2) is 0 Å². The summed E-state index contributed by atoms with van der Waals surface area (Å²) in [5.41, 5.74) is 0. The summed E-state index contributed by atoms with van der Waals surface area (Å²) in [7, 11) is 4.19. The van der Waals surface area contributed by atoms with Gasteiger partial charge in [0.05, 0.1) is 0 Å². The van der Waals surface area contributed by atoms with Gasteiger partial charge in [-0.2, -0.15) is 0 Å². The average Bonchev–Trinajstić information content (AvgIpc) is 1.58. The van der Waals surface area contributed by atoms with Crippen LogP contribution >= 0.6 is 0 Å². The van der Waals surface area contributed by atoms with E-state index < -0.39 is 0 Å². The molecule has 1 atom stereocenters.